The molecule has 1 rings (SSSR count). The van der Waals surface area contributed by atoms with Crippen LogP contribution in [0.1, 0.15) is 39.4 Å². The van der Waals surface area contributed by atoms with Gasteiger partial charge in [-0.2, -0.15) is 0 Å². The van der Waals surface area contributed by atoms with Gasteiger partial charge in [-0.25, -0.2) is 4.98 Å². The lowest BCUT2D eigenvalue weighted by atomic mass is 10.2. The van der Waals surface area contributed by atoms with Crippen LogP contribution in [0.3, 0.4) is 0 Å². The smallest absolute Gasteiger partial charge is 0.154 e. The van der Waals surface area contributed by atoms with E-state index in [1.165, 1.54) is 0 Å². The summed E-state index contributed by atoms with van der Waals surface area (Å²) >= 11 is 0. The zero-order chi connectivity index (χ0) is 12.7. The summed E-state index contributed by atoms with van der Waals surface area (Å²) in [5.41, 5.74) is 0. The van der Waals surface area contributed by atoms with Crippen molar-refractivity contribution in [1.82, 2.24) is 14.9 Å². The van der Waals surface area contributed by atoms with E-state index in [1.807, 2.05) is 6.20 Å². The fraction of sp³-hybridized carbons (Fsp3) is 0.692. The Balaban J connectivity index is 2.42. The molecular weight excluding hydrogens is 214 g/mol. The molecule has 1 N–H and O–H groups in total. The topological polar surface area (TPSA) is 46.9 Å². The van der Waals surface area contributed by atoms with Crippen molar-refractivity contribution in [3.63, 3.8) is 0 Å². The Labute approximate surface area is 103 Å². The number of aryl methyl sites for hydroxylation is 1. The second-order valence-electron chi connectivity index (χ2n) is 4.44. The number of carbonyl (C=O) groups excluding carboxylic acids is 1. The van der Waals surface area contributed by atoms with Gasteiger partial charge >= 0.3 is 0 Å². The number of rotatable bonds is 8. The van der Waals surface area contributed by atoms with Crippen molar-refractivity contribution in [2.45, 2.75) is 52.6 Å². The number of nitrogens with zero attached hydrogens (tertiary/aromatic N) is 2. The molecule has 4 nitrogen and oxygen atoms in total. The number of aromatic nitrogens is 2. The third-order valence-corrected chi connectivity index (χ3v) is 2.88. The van der Waals surface area contributed by atoms with Crippen molar-refractivity contribution in [1.29, 1.82) is 0 Å². The van der Waals surface area contributed by atoms with Gasteiger partial charge in [-0.1, -0.05) is 13.8 Å². The maximum Gasteiger partial charge on any atom is 0.154 e. The maximum absolute atomic E-state index is 11.8. The van der Waals surface area contributed by atoms with E-state index in [2.05, 4.69) is 35.6 Å². The van der Waals surface area contributed by atoms with E-state index < -0.39 is 0 Å². The lowest BCUT2D eigenvalue weighted by Crippen LogP contribution is -2.32. The van der Waals surface area contributed by atoms with Crippen molar-refractivity contribution < 1.29 is 4.79 Å². The minimum Gasteiger partial charge on any atom is -0.335 e. The summed E-state index contributed by atoms with van der Waals surface area (Å²) in [7, 11) is 0. The molecule has 0 bridgehead atoms. The highest BCUT2D eigenvalue weighted by Crippen LogP contribution is 2.01. The first kappa shape index (κ1) is 13.9. The van der Waals surface area contributed by atoms with Gasteiger partial charge in [0.15, 0.2) is 5.78 Å². The molecule has 0 amide bonds. The highest BCUT2D eigenvalue weighted by molar-refractivity contribution is 5.82. The molecule has 0 aliphatic heterocycles. The van der Waals surface area contributed by atoms with Gasteiger partial charge in [0, 0.05) is 25.0 Å². The number of hydrogen-bond donors (Lipinski definition) is 1. The van der Waals surface area contributed by atoms with Crippen LogP contribution in [0.4, 0.5) is 0 Å². The predicted octanol–water partition coefficient (Wildman–Crippen LogP) is 1.79. The highest BCUT2D eigenvalue weighted by Gasteiger charge is 2.09. The molecule has 1 aromatic heterocycles. The number of nitrogens with one attached hydrogen (secondary N) is 1. The molecule has 1 atom stereocenters. The zero-order valence-corrected chi connectivity index (χ0v) is 11.1. The molecule has 4 heteroatoms. The van der Waals surface area contributed by atoms with Crippen LogP contribution < -0.4 is 5.32 Å². The first-order valence-electron chi connectivity index (χ1n) is 6.42. The largest absolute Gasteiger partial charge is 0.335 e. The Morgan fingerprint density at radius 3 is 2.94 bits per heavy atom. The van der Waals surface area contributed by atoms with Gasteiger partial charge in [0.1, 0.15) is 5.82 Å². The van der Waals surface area contributed by atoms with E-state index in [9.17, 15) is 4.79 Å². The third kappa shape index (κ3) is 4.69. The Morgan fingerprint density at radius 2 is 2.29 bits per heavy atom. The highest BCUT2D eigenvalue weighted by atomic mass is 16.1. The van der Waals surface area contributed by atoms with Crippen LogP contribution in [0.25, 0.3) is 0 Å². The molecule has 0 aromatic carbocycles. The predicted molar refractivity (Wildman–Crippen MR) is 69.0 cm³/mol. The molecule has 0 radical (unpaired) electrons. The molecule has 1 aromatic rings. The van der Waals surface area contributed by atoms with Gasteiger partial charge in [0.2, 0.25) is 0 Å². The first-order valence-corrected chi connectivity index (χ1v) is 6.42. The van der Waals surface area contributed by atoms with E-state index in [1.54, 1.807) is 6.20 Å². The monoisotopic (exact) mass is 237 g/mol. The Morgan fingerprint density at radius 1 is 1.53 bits per heavy atom. The third-order valence-electron chi connectivity index (χ3n) is 2.88. The second kappa shape index (κ2) is 7.22. The summed E-state index contributed by atoms with van der Waals surface area (Å²) in [6.45, 7) is 7.69. The van der Waals surface area contributed by atoms with Gasteiger partial charge in [-0.05, 0) is 19.8 Å². The molecule has 0 fully saturated rings. The van der Waals surface area contributed by atoms with E-state index in [0.717, 1.165) is 25.2 Å². The zero-order valence-electron chi connectivity index (χ0n) is 11.1. The molecule has 0 saturated carbocycles. The van der Waals surface area contributed by atoms with E-state index in [-0.39, 0.29) is 5.78 Å². The number of ketones is 1. The minimum absolute atomic E-state index is 0.203. The summed E-state index contributed by atoms with van der Waals surface area (Å²) in [5.74, 6) is 1.08. The first-order chi connectivity index (χ1) is 8.17. The quantitative estimate of drug-likeness (QED) is 0.750. The van der Waals surface area contributed by atoms with Gasteiger partial charge in [-0.15, -0.1) is 0 Å². The van der Waals surface area contributed by atoms with Crippen LogP contribution in [-0.2, 0) is 17.8 Å². The maximum atomic E-state index is 11.8. The molecular formula is C13H23N3O. The summed E-state index contributed by atoms with van der Waals surface area (Å²) in [6.07, 6.45) is 6.23. The molecule has 17 heavy (non-hydrogen) atoms. The molecule has 0 saturated heterocycles. The Bertz CT molecular complexity index is 346. The minimum atomic E-state index is 0.203. The average Bonchev–Trinajstić information content (AvgIpc) is 2.74. The van der Waals surface area contributed by atoms with Crippen LogP contribution in [-0.4, -0.2) is 27.9 Å². The van der Waals surface area contributed by atoms with Crippen molar-refractivity contribution >= 4 is 5.78 Å². The van der Waals surface area contributed by atoms with E-state index >= 15 is 0 Å². The summed E-state index contributed by atoms with van der Waals surface area (Å²) in [6, 6.07) is 0.398. The van der Waals surface area contributed by atoms with Crippen LogP contribution in [0, 0.1) is 0 Å². The van der Waals surface area contributed by atoms with Crippen LogP contribution >= 0.6 is 0 Å². The fourth-order valence-electron chi connectivity index (χ4n) is 1.62. The molecule has 1 unspecified atom stereocenters. The number of carbonyl (C=O) groups is 1. The summed E-state index contributed by atoms with van der Waals surface area (Å²) in [5, 5.41) is 3.21. The summed E-state index contributed by atoms with van der Waals surface area (Å²) < 4.78 is 2.06. The van der Waals surface area contributed by atoms with Crippen LogP contribution in [0.15, 0.2) is 12.4 Å². The number of hydrogen-bond acceptors (Lipinski definition) is 3. The molecule has 1 heterocycles. The normalized spacial score (nSPS) is 12.6. The second-order valence-corrected chi connectivity index (χ2v) is 4.44. The SMILES string of the molecule is CCCn1ccnc1CC(=O)CNC(C)CC. The van der Waals surface area contributed by atoms with Crippen LogP contribution in [0.5, 0.6) is 0 Å². The van der Waals surface area contributed by atoms with Crippen LogP contribution in [0.2, 0.25) is 0 Å². The van der Waals surface area contributed by atoms with Gasteiger partial charge < -0.3 is 9.88 Å². The molecule has 0 aliphatic carbocycles. The van der Waals surface area contributed by atoms with Crippen molar-refractivity contribution in [3.8, 4) is 0 Å². The summed E-state index contributed by atoms with van der Waals surface area (Å²) in [4.78, 5) is 16.0. The number of imidazole rings is 1. The lowest BCUT2D eigenvalue weighted by molar-refractivity contribution is -0.117. The van der Waals surface area contributed by atoms with Gasteiger partial charge in [0.25, 0.3) is 0 Å². The standard InChI is InChI=1S/C13H23N3O/c1-4-7-16-8-6-14-13(16)9-12(17)10-15-11(3)5-2/h6,8,11,15H,4-5,7,9-10H2,1-3H3. The number of Topliss-reactive ketones (excluding diaryl/α,β-unsaturated/α-hetero) is 1. The van der Waals surface area contributed by atoms with Gasteiger partial charge in [0.05, 0.1) is 13.0 Å². The van der Waals surface area contributed by atoms with Crippen molar-refractivity contribution in [2.75, 3.05) is 6.54 Å². The van der Waals surface area contributed by atoms with Crippen molar-refractivity contribution in [2.24, 2.45) is 0 Å². The lowest BCUT2D eigenvalue weighted by Gasteiger charge is -2.10. The molecule has 0 aliphatic rings. The van der Waals surface area contributed by atoms with Crippen molar-refractivity contribution in [3.05, 3.63) is 18.2 Å². The Kier molecular flexibility index (Phi) is 5.91. The Hall–Kier alpha value is -1.16. The van der Waals surface area contributed by atoms with E-state index in [4.69, 9.17) is 0 Å². The molecule has 96 valence electrons. The molecule has 0 spiro atoms. The van der Waals surface area contributed by atoms with Gasteiger partial charge in [-0.3, -0.25) is 4.79 Å². The average molecular weight is 237 g/mol. The fourth-order valence-corrected chi connectivity index (χ4v) is 1.62. The van der Waals surface area contributed by atoms with E-state index in [0.29, 0.717) is 19.0 Å².